The minimum Gasteiger partial charge on any atom is -0.507 e. The van der Waals surface area contributed by atoms with Crippen LogP contribution in [0.15, 0.2) is 30.0 Å². The zero-order valence-electron chi connectivity index (χ0n) is 6.36. The molecule has 1 aromatic carbocycles. The zero-order chi connectivity index (χ0) is 8.55. The zero-order valence-corrected chi connectivity index (χ0v) is 6.36. The quantitative estimate of drug-likeness (QED) is 0.540. The molecule has 62 valence electrons. The first kappa shape index (κ1) is 7.18. The highest BCUT2D eigenvalue weighted by molar-refractivity contribution is 5.71. The lowest BCUT2D eigenvalue weighted by atomic mass is 10.1. The number of fused-ring (bicyclic) bond motifs is 1. The fourth-order valence-electron chi connectivity index (χ4n) is 1.21. The largest absolute Gasteiger partial charge is 0.507 e. The van der Waals surface area contributed by atoms with Crippen molar-refractivity contribution in [3.8, 4) is 0 Å². The van der Waals surface area contributed by atoms with E-state index in [2.05, 4.69) is 5.32 Å². The summed E-state index contributed by atoms with van der Waals surface area (Å²) in [6.07, 6.45) is 0.580. The highest BCUT2D eigenvalue weighted by Gasteiger charge is 2.15. The fraction of sp³-hybridized carbons (Fsp3) is 0.111. The molecule has 0 aromatic heterocycles. The van der Waals surface area contributed by atoms with Crippen molar-refractivity contribution in [1.82, 2.24) is 0 Å². The van der Waals surface area contributed by atoms with E-state index in [9.17, 15) is 10.2 Å². The molecule has 12 heavy (non-hydrogen) atoms. The van der Waals surface area contributed by atoms with Gasteiger partial charge in [-0.05, 0) is 12.1 Å². The van der Waals surface area contributed by atoms with Gasteiger partial charge < -0.3 is 15.5 Å². The predicted octanol–water partition coefficient (Wildman–Crippen LogP) is 1.33. The van der Waals surface area contributed by atoms with Crippen LogP contribution in [0, 0.1) is 0 Å². The molecular weight excluding hydrogens is 154 g/mol. The van der Waals surface area contributed by atoms with Gasteiger partial charge in [0.05, 0.1) is 0 Å². The summed E-state index contributed by atoms with van der Waals surface area (Å²) in [4.78, 5) is 0. The third-order valence-corrected chi connectivity index (χ3v) is 1.84. The number of aliphatic hydroxyl groups excluding tert-OH is 2. The molecule has 1 aliphatic rings. The molecule has 2 rings (SSSR count). The molecular formula is C9H9NO2. The molecule has 1 aliphatic heterocycles. The Hall–Kier alpha value is -1.48. The van der Waals surface area contributed by atoms with Crippen LogP contribution in [0.2, 0.25) is 0 Å². The summed E-state index contributed by atoms with van der Waals surface area (Å²) < 4.78 is 0. The van der Waals surface area contributed by atoms with E-state index in [0.29, 0.717) is 0 Å². The Labute approximate surface area is 70.0 Å². The number of aliphatic hydroxyl groups is 2. The molecule has 0 fully saturated rings. The number of nitrogens with one attached hydrogen (secondary N) is 1. The fourth-order valence-corrected chi connectivity index (χ4v) is 1.21. The summed E-state index contributed by atoms with van der Waals surface area (Å²) in [7, 11) is 0. The topological polar surface area (TPSA) is 52.5 Å². The van der Waals surface area contributed by atoms with Gasteiger partial charge in [0, 0.05) is 11.3 Å². The second kappa shape index (κ2) is 2.53. The Bertz CT molecular complexity index is 333. The number of hydrogen-bond acceptors (Lipinski definition) is 3. The monoisotopic (exact) mass is 163 g/mol. The lowest BCUT2D eigenvalue weighted by Crippen LogP contribution is -2.24. The number of benzene rings is 1. The average molecular weight is 163 g/mol. The van der Waals surface area contributed by atoms with Crippen molar-refractivity contribution in [2.75, 3.05) is 5.32 Å². The van der Waals surface area contributed by atoms with Gasteiger partial charge in [0.2, 0.25) is 0 Å². The number of para-hydroxylation sites is 1. The van der Waals surface area contributed by atoms with Gasteiger partial charge in [0.25, 0.3) is 0 Å². The van der Waals surface area contributed by atoms with Crippen molar-refractivity contribution < 1.29 is 10.2 Å². The molecule has 0 bridgehead atoms. The van der Waals surface area contributed by atoms with Crippen LogP contribution in [-0.4, -0.2) is 16.4 Å². The summed E-state index contributed by atoms with van der Waals surface area (Å²) in [6.45, 7) is 0. The third-order valence-electron chi connectivity index (χ3n) is 1.84. The van der Waals surface area contributed by atoms with Crippen LogP contribution in [0.25, 0.3) is 6.08 Å². The molecule has 0 radical (unpaired) electrons. The molecule has 0 amide bonds. The van der Waals surface area contributed by atoms with Crippen molar-refractivity contribution in [3.05, 3.63) is 35.6 Å². The van der Waals surface area contributed by atoms with E-state index in [1.165, 1.54) is 0 Å². The molecule has 0 aliphatic carbocycles. The molecule has 3 heteroatoms. The Morgan fingerprint density at radius 3 is 2.83 bits per heavy atom. The molecule has 1 unspecified atom stereocenters. The Balaban J connectivity index is 2.49. The van der Waals surface area contributed by atoms with E-state index < -0.39 is 6.23 Å². The molecule has 3 N–H and O–H groups in total. The van der Waals surface area contributed by atoms with Gasteiger partial charge in [-0.15, -0.1) is 0 Å². The smallest absolute Gasteiger partial charge is 0.183 e. The van der Waals surface area contributed by atoms with Crippen LogP contribution in [0.1, 0.15) is 5.56 Å². The summed E-state index contributed by atoms with van der Waals surface area (Å²) in [5.74, 6) is -0.0475. The van der Waals surface area contributed by atoms with Crippen molar-refractivity contribution in [3.63, 3.8) is 0 Å². The van der Waals surface area contributed by atoms with Crippen LogP contribution in [0.3, 0.4) is 0 Å². The first-order valence-corrected chi connectivity index (χ1v) is 3.71. The summed E-state index contributed by atoms with van der Waals surface area (Å²) in [5.41, 5.74) is 1.73. The average Bonchev–Trinajstić information content (AvgIpc) is 2.07. The summed E-state index contributed by atoms with van der Waals surface area (Å²) in [6, 6.07) is 7.46. The number of hydrogen-bond donors (Lipinski definition) is 3. The highest BCUT2D eigenvalue weighted by Crippen LogP contribution is 2.24. The van der Waals surface area contributed by atoms with E-state index in [-0.39, 0.29) is 5.76 Å². The number of anilines is 1. The normalized spacial score (nSPS) is 20.8. The Morgan fingerprint density at radius 2 is 2.00 bits per heavy atom. The Morgan fingerprint density at radius 1 is 1.25 bits per heavy atom. The van der Waals surface area contributed by atoms with E-state index >= 15 is 0 Å². The van der Waals surface area contributed by atoms with Crippen molar-refractivity contribution in [2.45, 2.75) is 6.23 Å². The SMILES string of the molecule is OC1=Cc2ccccc2NC1O. The van der Waals surface area contributed by atoms with Gasteiger partial charge in [-0.25, -0.2) is 0 Å². The molecule has 1 atom stereocenters. The van der Waals surface area contributed by atoms with E-state index in [1.807, 2.05) is 24.3 Å². The minimum atomic E-state index is -0.972. The second-order valence-corrected chi connectivity index (χ2v) is 2.70. The van der Waals surface area contributed by atoms with Crippen molar-refractivity contribution in [1.29, 1.82) is 0 Å². The maximum Gasteiger partial charge on any atom is 0.183 e. The van der Waals surface area contributed by atoms with Crippen LogP contribution >= 0.6 is 0 Å². The van der Waals surface area contributed by atoms with Crippen molar-refractivity contribution >= 4 is 11.8 Å². The van der Waals surface area contributed by atoms with Gasteiger partial charge in [-0.3, -0.25) is 0 Å². The summed E-state index contributed by atoms with van der Waals surface area (Å²) >= 11 is 0. The van der Waals surface area contributed by atoms with Gasteiger partial charge in [-0.1, -0.05) is 18.2 Å². The lowest BCUT2D eigenvalue weighted by molar-refractivity contribution is 0.178. The Kier molecular flexibility index (Phi) is 1.52. The van der Waals surface area contributed by atoms with Crippen LogP contribution in [0.5, 0.6) is 0 Å². The molecule has 3 nitrogen and oxygen atoms in total. The van der Waals surface area contributed by atoms with Crippen molar-refractivity contribution in [2.24, 2.45) is 0 Å². The third kappa shape index (κ3) is 1.04. The molecule has 1 aromatic rings. The molecule has 0 saturated heterocycles. The van der Waals surface area contributed by atoms with Crippen LogP contribution in [0.4, 0.5) is 5.69 Å². The van der Waals surface area contributed by atoms with E-state index in [1.54, 1.807) is 6.08 Å². The highest BCUT2D eigenvalue weighted by atomic mass is 16.3. The summed E-state index contributed by atoms with van der Waals surface area (Å²) in [5, 5.41) is 21.1. The van der Waals surface area contributed by atoms with Gasteiger partial charge >= 0.3 is 0 Å². The first-order valence-electron chi connectivity index (χ1n) is 3.71. The maximum absolute atomic E-state index is 9.20. The second-order valence-electron chi connectivity index (χ2n) is 2.70. The molecule has 1 heterocycles. The number of rotatable bonds is 0. The van der Waals surface area contributed by atoms with Crippen LogP contribution in [-0.2, 0) is 0 Å². The minimum absolute atomic E-state index is 0.0475. The lowest BCUT2D eigenvalue weighted by Gasteiger charge is -2.20. The van der Waals surface area contributed by atoms with Gasteiger partial charge in [-0.2, -0.15) is 0 Å². The van der Waals surface area contributed by atoms with Gasteiger partial charge in [0.1, 0.15) is 5.76 Å². The van der Waals surface area contributed by atoms with Crippen LogP contribution < -0.4 is 5.32 Å². The first-order chi connectivity index (χ1) is 5.77. The van der Waals surface area contributed by atoms with E-state index in [4.69, 9.17) is 0 Å². The molecule has 0 spiro atoms. The maximum atomic E-state index is 9.20. The molecule has 0 saturated carbocycles. The predicted molar refractivity (Wildman–Crippen MR) is 46.7 cm³/mol. The van der Waals surface area contributed by atoms with E-state index in [0.717, 1.165) is 11.3 Å². The standard InChI is InChI=1S/C9H9NO2/c11-8-5-6-3-1-2-4-7(6)10-9(8)12/h1-5,9-12H. The van der Waals surface area contributed by atoms with Gasteiger partial charge in [0.15, 0.2) is 6.23 Å².